The van der Waals surface area contributed by atoms with E-state index in [1.165, 1.54) is 6.92 Å². The number of aliphatic hydroxyl groups is 3. The summed E-state index contributed by atoms with van der Waals surface area (Å²) in [5, 5.41) is 44.4. The first kappa shape index (κ1) is 67.5. The standard InChI is InChI=1S/C56H69N9O14S.C4H10.CH4O/c1-8-56(37-22-41-47-33(21-32-12-9-10-13-38(32)62-47)26-65(41)51(73)36(37)27-76-54(56)75)79-52(74)46(29(4)5)63-48(70)30(6)59-49(71)39(20-28(2)3)61-45(69)25-57-44(68)24-58-50(72)40-14-11-19-64(40)55(80)60-34-15-17-35(18-16-34)78-53-43(67)23-42(66)31(7)77-53;1-4(2)3;1-2/h9-10,12-13,15-18,21-22,28-31,39-40,42-43,46,53,66-67H,8,11,14,19-20,23-27H2,1-7H3,(H,57,68)(H,58,72)(H,59,71)(H,60,80)(H,61,69)(H,63,70);4H,1-3H3;2H,1H3/t30-,31-,39-,40?,42-,43?,46-,53+,56-;;/m0../s1. The van der Waals surface area contributed by atoms with Crippen LogP contribution in [0.3, 0.4) is 0 Å². The zero-order valence-corrected chi connectivity index (χ0v) is 51.5. The summed E-state index contributed by atoms with van der Waals surface area (Å²) in [5.74, 6) is -4.63. The number of nitrogens with zero attached hydrogens (tertiary/aromatic N) is 3. The number of thiocarbonyl (C=S) groups is 1. The van der Waals surface area contributed by atoms with Crippen LogP contribution in [-0.2, 0) is 66.5 Å². The van der Waals surface area contributed by atoms with Crippen LogP contribution in [0.15, 0.2) is 65.5 Å². The van der Waals surface area contributed by atoms with Gasteiger partial charge in [-0.25, -0.2) is 14.6 Å². The summed E-state index contributed by atoms with van der Waals surface area (Å²) in [6.07, 6.45) is -1.96. The van der Waals surface area contributed by atoms with Gasteiger partial charge in [-0.2, -0.15) is 0 Å². The molecule has 2 aromatic carbocycles. The number of aliphatic hydroxyl groups excluding tert-OH is 3. The summed E-state index contributed by atoms with van der Waals surface area (Å²) >= 11 is 5.64. The second-order valence-electron chi connectivity index (χ2n) is 23.1. The average molecular weight is 1210 g/mol. The Kier molecular flexibility index (Phi) is 23.7. The van der Waals surface area contributed by atoms with Gasteiger partial charge in [0.1, 0.15) is 42.6 Å². The van der Waals surface area contributed by atoms with Gasteiger partial charge in [0.2, 0.25) is 41.4 Å². The fourth-order valence-corrected chi connectivity index (χ4v) is 10.6. The van der Waals surface area contributed by atoms with Crippen molar-refractivity contribution in [3.8, 4) is 17.1 Å². The van der Waals surface area contributed by atoms with Gasteiger partial charge in [-0.05, 0) is 112 Å². The van der Waals surface area contributed by atoms with Crippen molar-refractivity contribution >= 4 is 75.4 Å². The number of esters is 2. The number of para-hydroxylation sites is 1. The Hall–Kier alpha value is -7.58. The highest BCUT2D eigenvalue weighted by atomic mass is 32.1. The summed E-state index contributed by atoms with van der Waals surface area (Å²) < 4.78 is 24.5. The van der Waals surface area contributed by atoms with Crippen molar-refractivity contribution < 1.29 is 67.8 Å². The number of carbonyl (C=O) groups excluding carboxylic acids is 7. The number of nitrogens with one attached hydrogen (secondary N) is 6. The van der Waals surface area contributed by atoms with Crippen LogP contribution in [0.1, 0.15) is 118 Å². The lowest BCUT2D eigenvalue weighted by Crippen LogP contribution is -2.57. The van der Waals surface area contributed by atoms with Crippen molar-refractivity contribution in [3.05, 3.63) is 87.7 Å². The molecule has 0 bridgehead atoms. The Morgan fingerprint density at radius 2 is 1.53 bits per heavy atom. The summed E-state index contributed by atoms with van der Waals surface area (Å²) in [7, 11) is 1.00. The molecule has 25 heteroatoms. The van der Waals surface area contributed by atoms with E-state index in [4.69, 9.17) is 41.3 Å². The van der Waals surface area contributed by atoms with E-state index in [1.807, 2.05) is 44.2 Å². The van der Waals surface area contributed by atoms with Crippen LogP contribution in [0.2, 0.25) is 0 Å². The first-order chi connectivity index (χ1) is 40.8. The molecule has 4 aliphatic rings. The fourth-order valence-electron chi connectivity index (χ4n) is 10.2. The maximum atomic E-state index is 14.2. The predicted octanol–water partition coefficient (Wildman–Crippen LogP) is 3.41. The van der Waals surface area contributed by atoms with E-state index >= 15 is 0 Å². The van der Waals surface area contributed by atoms with E-state index in [9.17, 15) is 48.6 Å². The second kappa shape index (κ2) is 30.2. The van der Waals surface area contributed by atoms with Crippen molar-refractivity contribution in [1.29, 1.82) is 0 Å². The molecule has 24 nitrogen and oxygen atoms in total. The molecule has 2 saturated heterocycles. The lowest BCUT2D eigenvalue weighted by molar-refractivity contribution is -0.228. The van der Waals surface area contributed by atoms with Gasteiger partial charge in [0.15, 0.2) is 5.11 Å². The molecule has 9 N–H and O–H groups in total. The minimum atomic E-state index is -2.05. The minimum absolute atomic E-state index is 0.107. The Bertz CT molecular complexity index is 3170. The zero-order chi connectivity index (χ0) is 63.3. The summed E-state index contributed by atoms with van der Waals surface area (Å²) in [6.45, 7) is 17.6. The third-order valence-corrected chi connectivity index (χ3v) is 15.1. The number of pyridine rings is 2. The lowest BCUT2D eigenvalue weighted by Gasteiger charge is -2.37. The summed E-state index contributed by atoms with van der Waals surface area (Å²) in [4.78, 5) is 115. The molecule has 5 amide bonds. The van der Waals surface area contributed by atoms with E-state index in [-0.39, 0.29) is 54.6 Å². The number of benzene rings is 2. The normalized spacial score (nSPS) is 21.1. The SMILES string of the molecule is CC(C)C.CC[C@@]1(OC(=O)[C@@H](NC(=O)[C@H](C)NC(=O)[C@H](CC(C)C)NC(=O)CNC(=O)CNC(=O)C2CCCN2C(=S)Nc2ccc(O[C@H]3O[C@@H](C)[C@@H](O)CC3O)cc2)C(C)C)C(=O)OCc2c1cc1n(c2=O)Cc2cc3ccccc3nc2-1.CO. The average Bonchev–Trinajstić information content (AvgIpc) is 1.43. The molecule has 8 rings (SSSR count). The molecule has 4 aromatic rings. The molecule has 2 unspecified atom stereocenters. The Balaban J connectivity index is 0.00000189. The van der Waals surface area contributed by atoms with Gasteiger partial charge in [-0.1, -0.05) is 73.6 Å². The van der Waals surface area contributed by atoms with E-state index in [0.717, 1.165) is 24.0 Å². The van der Waals surface area contributed by atoms with E-state index < -0.39 is 120 Å². The number of anilines is 1. The number of amides is 5. The van der Waals surface area contributed by atoms with Crippen LogP contribution >= 0.6 is 12.2 Å². The first-order valence-electron chi connectivity index (χ1n) is 29.1. The number of ether oxygens (including phenoxy) is 4. The Labute approximate surface area is 505 Å². The molecule has 4 aliphatic heterocycles. The number of likely N-dealkylation sites (tertiary alicyclic amines) is 1. The highest BCUT2D eigenvalue weighted by Crippen LogP contribution is 2.41. The Morgan fingerprint density at radius 1 is 0.860 bits per heavy atom. The molecule has 0 radical (unpaired) electrons. The van der Waals surface area contributed by atoms with Crippen molar-refractivity contribution in [2.45, 2.75) is 169 Å². The molecule has 0 spiro atoms. The largest absolute Gasteiger partial charge is 0.462 e. The summed E-state index contributed by atoms with van der Waals surface area (Å²) in [5.41, 5.74) is 1.02. The molecule has 86 heavy (non-hydrogen) atoms. The van der Waals surface area contributed by atoms with Crippen LogP contribution < -0.4 is 42.2 Å². The van der Waals surface area contributed by atoms with E-state index in [0.29, 0.717) is 47.7 Å². The van der Waals surface area contributed by atoms with E-state index in [2.05, 4.69) is 52.7 Å². The van der Waals surface area contributed by atoms with Crippen LogP contribution in [0.5, 0.6) is 5.75 Å². The zero-order valence-electron chi connectivity index (χ0n) is 50.7. The number of carbonyl (C=O) groups is 7. The topological polar surface area (TPSA) is 327 Å². The highest BCUT2D eigenvalue weighted by Gasteiger charge is 2.52. The molecule has 2 aromatic heterocycles. The molecular weight excluding hydrogens is 1130 g/mol. The third kappa shape index (κ3) is 16.5. The van der Waals surface area contributed by atoms with Gasteiger partial charge in [-0.3, -0.25) is 28.8 Å². The molecule has 2 fully saturated rings. The maximum Gasteiger partial charge on any atom is 0.355 e. The van der Waals surface area contributed by atoms with Gasteiger partial charge in [0.05, 0.1) is 54.3 Å². The number of hydrogen-bond acceptors (Lipinski definition) is 17. The molecular formula is C61H83N9O15S. The van der Waals surface area contributed by atoms with Crippen LogP contribution in [-0.4, -0.2) is 152 Å². The van der Waals surface area contributed by atoms with Gasteiger partial charge in [0, 0.05) is 42.3 Å². The lowest BCUT2D eigenvalue weighted by atomic mass is 9.85. The molecule has 9 atom stereocenters. The minimum Gasteiger partial charge on any atom is -0.462 e. The van der Waals surface area contributed by atoms with Crippen molar-refractivity contribution in [3.63, 3.8) is 0 Å². The number of aromatic nitrogens is 2. The van der Waals surface area contributed by atoms with Gasteiger partial charge < -0.3 is 75.6 Å². The second-order valence-corrected chi connectivity index (χ2v) is 23.5. The monoisotopic (exact) mass is 1210 g/mol. The third-order valence-electron chi connectivity index (χ3n) is 14.7. The van der Waals surface area contributed by atoms with Gasteiger partial charge >= 0.3 is 11.9 Å². The van der Waals surface area contributed by atoms with Gasteiger partial charge in [0.25, 0.3) is 5.56 Å². The fraction of sp³-hybridized carbons (Fsp3) is 0.541. The van der Waals surface area contributed by atoms with Crippen LogP contribution in [0.4, 0.5) is 5.69 Å². The van der Waals surface area contributed by atoms with Crippen LogP contribution in [0.25, 0.3) is 22.3 Å². The van der Waals surface area contributed by atoms with Crippen molar-refractivity contribution in [1.82, 2.24) is 41.0 Å². The molecule has 468 valence electrons. The van der Waals surface area contributed by atoms with Crippen LogP contribution in [0, 0.1) is 17.8 Å². The van der Waals surface area contributed by atoms with Crippen molar-refractivity contribution in [2.75, 3.05) is 32.1 Å². The number of cyclic esters (lactones) is 1. The smallest absolute Gasteiger partial charge is 0.355 e. The molecule has 0 aliphatic carbocycles. The number of fused-ring (bicyclic) bond motifs is 5. The quantitative estimate of drug-likeness (QED) is 0.0423. The highest BCUT2D eigenvalue weighted by molar-refractivity contribution is 7.80. The Morgan fingerprint density at radius 3 is 2.20 bits per heavy atom. The van der Waals surface area contributed by atoms with Gasteiger partial charge in [-0.15, -0.1) is 0 Å². The van der Waals surface area contributed by atoms with E-state index in [1.54, 1.807) is 67.5 Å². The number of rotatable bonds is 19. The maximum absolute atomic E-state index is 14.2. The first-order valence-corrected chi connectivity index (χ1v) is 29.5. The predicted molar refractivity (Wildman–Crippen MR) is 323 cm³/mol. The summed E-state index contributed by atoms with van der Waals surface area (Å²) in [6, 6.07) is 13.5. The molecule has 0 saturated carbocycles. The van der Waals surface area contributed by atoms with Crippen molar-refractivity contribution in [2.24, 2.45) is 17.8 Å². The molecule has 6 heterocycles. The number of hydrogen-bond donors (Lipinski definition) is 9.